The summed E-state index contributed by atoms with van der Waals surface area (Å²) in [6.45, 7) is 9.86. The van der Waals surface area contributed by atoms with E-state index in [9.17, 15) is 0 Å². The van der Waals surface area contributed by atoms with Crippen molar-refractivity contribution in [2.45, 2.75) is 0 Å². The first kappa shape index (κ1) is 6.36. The molecule has 50 valence electrons. The van der Waals surface area contributed by atoms with Crippen molar-refractivity contribution < 1.29 is 4.74 Å². The van der Waals surface area contributed by atoms with Crippen LogP contribution < -0.4 is 5.32 Å². The summed E-state index contributed by atoms with van der Waals surface area (Å²) in [6.07, 6.45) is 0. The molecular formula is C7H11NO. The predicted octanol–water partition coefficient (Wildman–Crippen LogP) is 0.676. The zero-order valence-electron chi connectivity index (χ0n) is 5.44. The van der Waals surface area contributed by atoms with Crippen molar-refractivity contribution in [3.05, 3.63) is 24.5 Å². The minimum Gasteiger partial charge on any atom is -0.493 e. The van der Waals surface area contributed by atoms with E-state index in [1.807, 2.05) is 0 Å². The number of hydrogen-bond acceptors (Lipinski definition) is 2. The van der Waals surface area contributed by atoms with Crippen LogP contribution in [0.2, 0.25) is 0 Å². The minimum absolute atomic E-state index is 0.706. The van der Waals surface area contributed by atoms with Gasteiger partial charge in [0.2, 0.25) is 0 Å². The normalized spacial score (nSPS) is 20.9. The summed E-state index contributed by atoms with van der Waals surface area (Å²) in [5, 5.41) is 3.14. The van der Waals surface area contributed by atoms with E-state index in [2.05, 4.69) is 18.5 Å². The molecular weight excluding hydrogens is 114 g/mol. The molecule has 1 heterocycles. The molecule has 0 saturated carbocycles. The molecule has 0 aromatic heterocycles. The van der Waals surface area contributed by atoms with Gasteiger partial charge in [-0.05, 0) is 0 Å². The van der Waals surface area contributed by atoms with Crippen LogP contribution in [0, 0.1) is 0 Å². The van der Waals surface area contributed by atoms with Gasteiger partial charge in [-0.3, -0.25) is 0 Å². The van der Waals surface area contributed by atoms with E-state index in [0.29, 0.717) is 6.61 Å². The van der Waals surface area contributed by atoms with Crippen molar-refractivity contribution in [1.82, 2.24) is 5.32 Å². The predicted molar refractivity (Wildman–Crippen MR) is 37.1 cm³/mol. The first-order valence-corrected chi connectivity index (χ1v) is 3.01. The molecule has 1 N–H and O–H groups in total. The van der Waals surface area contributed by atoms with E-state index >= 15 is 0 Å². The monoisotopic (exact) mass is 125 g/mol. The van der Waals surface area contributed by atoms with Crippen molar-refractivity contribution in [2.75, 3.05) is 19.7 Å². The molecule has 2 heteroatoms. The molecule has 9 heavy (non-hydrogen) atoms. The van der Waals surface area contributed by atoms with Gasteiger partial charge in [0.1, 0.15) is 12.4 Å². The van der Waals surface area contributed by atoms with Gasteiger partial charge in [0.05, 0.1) is 0 Å². The molecule has 0 aromatic rings. The Morgan fingerprint density at radius 2 is 2.22 bits per heavy atom. The van der Waals surface area contributed by atoms with E-state index in [1.165, 1.54) is 0 Å². The van der Waals surface area contributed by atoms with E-state index in [4.69, 9.17) is 4.74 Å². The van der Waals surface area contributed by atoms with Gasteiger partial charge in [-0.2, -0.15) is 0 Å². The Morgan fingerprint density at radius 1 is 1.44 bits per heavy atom. The molecule has 0 spiro atoms. The third kappa shape index (κ3) is 1.57. The lowest BCUT2D eigenvalue weighted by Gasteiger charge is -2.02. The Bertz CT molecular complexity index is 124. The fourth-order valence-corrected chi connectivity index (χ4v) is 0.686. The average Bonchev–Trinajstić information content (AvgIpc) is 1.99. The van der Waals surface area contributed by atoms with E-state index < -0.39 is 0 Å². The summed E-state index contributed by atoms with van der Waals surface area (Å²) in [4.78, 5) is 0. The van der Waals surface area contributed by atoms with E-state index in [0.717, 1.165) is 24.4 Å². The first-order chi connectivity index (χ1) is 4.30. The van der Waals surface area contributed by atoms with Crippen molar-refractivity contribution in [3.8, 4) is 0 Å². The van der Waals surface area contributed by atoms with Crippen LogP contribution in [0.25, 0.3) is 0 Å². The highest BCUT2D eigenvalue weighted by Crippen LogP contribution is 2.06. The molecule has 1 saturated heterocycles. The van der Waals surface area contributed by atoms with Crippen LogP contribution >= 0.6 is 0 Å². The zero-order valence-corrected chi connectivity index (χ0v) is 5.44. The van der Waals surface area contributed by atoms with Gasteiger partial charge < -0.3 is 10.1 Å². The maximum atomic E-state index is 5.16. The molecule has 2 nitrogen and oxygen atoms in total. The Labute approximate surface area is 55.2 Å². The fourth-order valence-electron chi connectivity index (χ4n) is 0.686. The molecule has 0 amide bonds. The first-order valence-electron chi connectivity index (χ1n) is 3.01. The molecule has 0 aliphatic carbocycles. The lowest BCUT2D eigenvalue weighted by molar-refractivity contribution is 0.234. The zero-order chi connectivity index (χ0) is 6.69. The highest BCUT2D eigenvalue weighted by atomic mass is 16.5. The van der Waals surface area contributed by atoms with E-state index in [-0.39, 0.29) is 0 Å². The lowest BCUT2D eigenvalue weighted by atomic mass is 10.3. The number of ether oxygens (including phenoxy) is 1. The van der Waals surface area contributed by atoms with Crippen LogP contribution in [0.15, 0.2) is 24.5 Å². The Morgan fingerprint density at radius 3 is 3.00 bits per heavy atom. The van der Waals surface area contributed by atoms with Gasteiger partial charge in [0, 0.05) is 18.7 Å². The number of rotatable bonds is 0. The minimum atomic E-state index is 0.706. The molecule has 0 unspecified atom stereocenters. The molecule has 1 fully saturated rings. The second-order valence-electron chi connectivity index (χ2n) is 2.05. The summed E-state index contributed by atoms with van der Waals surface area (Å²) in [5.74, 6) is 0.722. The average molecular weight is 125 g/mol. The molecule has 1 aliphatic rings. The van der Waals surface area contributed by atoms with E-state index in [1.54, 1.807) is 0 Å². The standard InChI is InChI=1S/C7H11NO/c1-6-5-8-3-4-9-7(6)2/h8H,1-5H2. The quantitative estimate of drug-likeness (QED) is 0.514. The van der Waals surface area contributed by atoms with Gasteiger partial charge in [-0.1, -0.05) is 13.2 Å². The van der Waals surface area contributed by atoms with Gasteiger partial charge in [0.15, 0.2) is 0 Å². The van der Waals surface area contributed by atoms with Gasteiger partial charge in [-0.15, -0.1) is 0 Å². The van der Waals surface area contributed by atoms with Crippen LogP contribution in [0.1, 0.15) is 0 Å². The lowest BCUT2D eigenvalue weighted by Crippen LogP contribution is -2.16. The largest absolute Gasteiger partial charge is 0.493 e. The second-order valence-corrected chi connectivity index (χ2v) is 2.05. The topological polar surface area (TPSA) is 21.3 Å². The Balaban J connectivity index is 2.51. The maximum Gasteiger partial charge on any atom is 0.116 e. The van der Waals surface area contributed by atoms with Crippen molar-refractivity contribution in [2.24, 2.45) is 0 Å². The molecule has 1 aliphatic heterocycles. The SMILES string of the molecule is C=C1CNCCOC1=C. The molecule has 0 radical (unpaired) electrons. The highest BCUT2D eigenvalue weighted by molar-refractivity contribution is 5.21. The van der Waals surface area contributed by atoms with Crippen molar-refractivity contribution in [1.29, 1.82) is 0 Å². The van der Waals surface area contributed by atoms with Crippen LogP contribution in [0.4, 0.5) is 0 Å². The van der Waals surface area contributed by atoms with Crippen LogP contribution in [-0.4, -0.2) is 19.7 Å². The van der Waals surface area contributed by atoms with Gasteiger partial charge >= 0.3 is 0 Å². The summed E-state index contributed by atoms with van der Waals surface area (Å²) in [7, 11) is 0. The fraction of sp³-hybridized carbons (Fsp3) is 0.429. The summed E-state index contributed by atoms with van der Waals surface area (Å²) < 4.78 is 5.16. The van der Waals surface area contributed by atoms with Gasteiger partial charge in [-0.25, -0.2) is 0 Å². The third-order valence-corrected chi connectivity index (χ3v) is 1.29. The molecule has 1 rings (SSSR count). The molecule has 0 aromatic carbocycles. The maximum absolute atomic E-state index is 5.16. The molecule has 0 bridgehead atoms. The van der Waals surface area contributed by atoms with Crippen LogP contribution in [-0.2, 0) is 4.74 Å². The smallest absolute Gasteiger partial charge is 0.116 e. The van der Waals surface area contributed by atoms with Crippen LogP contribution in [0.3, 0.4) is 0 Å². The van der Waals surface area contributed by atoms with Gasteiger partial charge in [0.25, 0.3) is 0 Å². The summed E-state index contributed by atoms with van der Waals surface area (Å²) in [5.41, 5.74) is 0.951. The summed E-state index contributed by atoms with van der Waals surface area (Å²) >= 11 is 0. The highest BCUT2D eigenvalue weighted by Gasteiger charge is 2.04. The van der Waals surface area contributed by atoms with Crippen molar-refractivity contribution >= 4 is 0 Å². The summed E-state index contributed by atoms with van der Waals surface area (Å²) in [6, 6.07) is 0. The second kappa shape index (κ2) is 2.69. The third-order valence-electron chi connectivity index (χ3n) is 1.29. The Hall–Kier alpha value is -0.760. The number of hydrogen-bond donors (Lipinski definition) is 1. The van der Waals surface area contributed by atoms with Crippen LogP contribution in [0.5, 0.6) is 0 Å². The van der Waals surface area contributed by atoms with Crippen molar-refractivity contribution in [3.63, 3.8) is 0 Å². The Kier molecular flexibility index (Phi) is 1.90. The molecule has 0 atom stereocenters. The number of nitrogens with one attached hydrogen (secondary N) is 1.